The van der Waals surface area contributed by atoms with E-state index in [1.165, 1.54) is 12.8 Å². The van der Waals surface area contributed by atoms with Gasteiger partial charge in [-0.25, -0.2) is 0 Å². The highest BCUT2D eigenvalue weighted by Gasteiger charge is 2.35. The van der Waals surface area contributed by atoms with E-state index >= 15 is 0 Å². The number of carbonyl (C=O) groups is 1. The van der Waals surface area contributed by atoms with E-state index in [2.05, 4.69) is 22.3 Å². The smallest absolute Gasteiger partial charge is 0.268 e. The first-order valence-corrected chi connectivity index (χ1v) is 7.82. The number of aromatic nitrogens is 1. The van der Waals surface area contributed by atoms with Gasteiger partial charge in [0.2, 0.25) is 0 Å². The van der Waals surface area contributed by atoms with E-state index in [0.29, 0.717) is 6.04 Å². The first-order valence-electron chi connectivity index (χ1n) is 7.82. The van der Waals surface area contributed by atoms with Crippen molar-refractivity contribution < 1.29 is 4.79 Å². The van der Waals surface area contributed by atoms with E-state index < -0.39 is 0 Å². The molecule has 4 rings (SSSR count). The van der Waals surface area contributed by atoms with Crippen molar-refractivity contribution in [3.05, 3.63) is 36.0 Å². The fourth-order valence-corrected chi connectivity index (χ4v) is 3.44. The number of fused-ring (bicyclic) bond motifs is 1. The zero-order valence-corrected chi connectivity index (χ0v) is 12.4. The molecule has 110 valence electrons. The van der Waals surface area contributed by atoms with Gasteiger partial charge in [-0.2, -0.15) is 0 Å². The Balaban J connectivity index is 1.50. The molecule has 4 nitrogen and oxygen atoms in total. The quantitative estimate of drug-likeness (QED) is 0.937. The molecule has 0 radical (unpaired) electrons. The van der Waals surface area contributed by atoms with E-state index in [-0.39, 0.29) is 5.91 Å². The van der Waals surface area contributed by atoms with Crippen LogP contribution in [0.4, 0.5) is 0 Å². The summed E-state index contributed by atoms with van der Waals surface area (Å²) in [7, 11) is 1.96. The predicted molar refractivity (Wildman–Crippen MR) is 83.4 cm³/mol. The molecule has 1 saturated carbocycles. The summed E-state index contributed by atoms with van der Waals surface area (Å²) in [4.78, 5) is 15.1. The van der Waals surface area contributed by atoms with Gasteiger partial charge in [0.25, 0.3) is 5.91 Å². The molecule has 1 unspecified atom stereocenters. The highest BCUT2D eigenvalue weighted by molar-refractivity contribution is 5.98. The summed E-state index contributed by atoms with van der Waals surface area (Å²) in [5.74, 6) is 0.0522. The van der Waals surface area contributed by atoms with Crippen molar-refractivity contribution in [3.8, 4) is 0 Å². The number of hydrogen-bond donors (Lipinski definition) is 1. The fourth-order valence-electron chi connectivity index (χ4n) is 3.44. The van der Waals surface area contributed by atoms with E-state index in [1.54, 1.807) is 0 Å². The average molecular weight is 283 g/mol. The van der Waals surface area contributed by atoms with Crippen LogP contribution in [0.15, 0.2) is 30.3 Å². The highest BCUT2D eigenvalue weighted by Crippen LogP contribution is 2.29. The maximum absolute atomic E-state index is 12.5. The fraction of sp³-hybridized carbons (Fsp3) is 0.471. The Bertz CT molecular complexity index is 686. The van der Waals surface area contributed by atoms with Crippen molar-refractivity contribution in [1.82, 2.24) is 14.8 Å². The predicted octanol–water partition coefficient (Wildman–Crippen LogP) is 2.14. The molecule has 1 N–H and O–H groups in total. The molecule has 1 aromatic carbocycles. The molecule has 4 heteroatoms. The number of amides is 1. The lowest BCUT2D eigenvalue weighted by atomic mass is 10.2. The molecule has 2 aromatic rings. The van der Waals surface area contributed by atoms with Gasteiger partial charge in [0.1, 0.15) is 5.69 Å². The summed E-state index contributed by atoms with van der Waals surface area (Å²) in [6.45, 7) is 2.14. The van der Waals surface area contributed by atoms with Crippen molar-refractivity contribution in [2.45, 2.75) is 31.3 Å². The molecule has 2 aliphatic rings. The third-order valence-electron chi connectivity index (χ3n) is 4.80. The van der Waals surface area contributed by atoms with Crippen LogP contribution in [0.2, 0.25) is 0 Å². The minimum atomic E-state index is 0.0522. The first kappa shape index (κ1) is 12.9. The molecule has 1 aliphatic carbocycles. The molecule has 2 heterocycles. The number of carbonyl (C=O) groups excluding carboxylic acids is 1. The average Bonchev–Trinajstić information content (AvgIpc) is 3.15. The first-order chi connectivity index (χ1) is 10.2. The minimum absolute atomic E-state index is 0.0522. The van der Waals surface area contributed by atoms with Crippen LogP contribution in [0.1, 0.15) is 29.8 Å². The maximum Gasteiger partial charge on any atom is 0.268 e. The van der Waals surface area contributed by atoms with Gasteiger partial charge in [-0.3, -0.25) is 9.69 Å². The zero-order valence-electron chi connectivity index (χ0n) is 12.4. The summed E-state index contributed by atoms with van der Waals surface area (Å²) in [6, 6.07) is 11.2. The van der Waals surface area contributed by atoms with Crippen molar-refractivity contribution in [3.63, 3.8) is 0 Å². The van der Waals surface area contributed by atoms with Crippen molar-refractivity contribution in [1.29, 1.82) is 0 Å². The van der Waals surface area contributed by atoms with Crippen LogP contribution in [-0.4, -0.2) is 40.5 Å². The number of likely N-dealkylation sites (tertiary alicyclic amines) is 1. The molecule has 1 atom stereocenters. The number of nitrogens with one attached hydrogen (secondary N) is 1. The normalized spacial score (nSPS) is 22.8. The Kier molecular flexibility index (Phi) is 3.00. The largest absolute Gasteiger partial charge is 0.347 e. The van der Waals surface area contributed by atoms with Gasteiger partial charge in [0, 0.05) is 43.1 Å². The molecule has 1 amide bonds. The summed E-state index contributed by atoms with van der Waals surface area (Å²) >= 11 is 0. The van der Waals surface area contributed by atoms with Crippen LogP contribution in [0.5, 0.6) is 0 Å². The van der Waals surface area contributed by atoms with Crippen molar-refractivity contribution in [2.75, 3.05) is 13.1 Å². The zero-order chi connectivity index (χ0) is 14.4. The minimum Gasteiger partial charge on any atom is -0.347 e. The number of nitrogens with zero attached hydrogens (tertiary/aromatic N) is 2. The summed E-state index contributed by atoms with van der Waals surface area (Å²) < 4.78 is 1.98. The topological polar surface area (TPSA) is 37.3 Å². The van der Waals surface area contributed by atoms with Gasteiger partial charge in [-0.15, -0.1) is 0 Å². The Morgan fingerprint density at radius 1 is 1.24 bits per heavy atom. The second-order valence-electron chi connectivity index (χ2n) is 6.33. The summed E-state index contributed by atoms with van der Waals surface area (Å²) in [5, 5.41) is 4.33. The van der Waals surface area contributed by atoms with E-state index in [4.69, 9.17) is 0 Å². The Hall–Kier alpha value is -1.81. The van der Waals surface area contributed by atoms with Crippen LogP contribution in [-0.2, 0) is 7.05 Å². The van der Waals surface area contributed by atoms with Gasteiger partial charge >= 0.3 is 0 Å². The molecule has 1 saturated heterocycles. The molecule has 1 aliphatic heterocycles. The Labute approximate surface area is 124 Å². The number of aryl methyl sites for hydroxylation is 1. The van der Waals surface area contributed by atoms with E-state index in [1.807, 2.05) is 29.8 Å². The number of benzene rings is 1. The molecule has 2 fully saturated rings. The molecular formula is C17H21N3O. The van der Waals surface area contributed by atoms with Crippen LogP contribution in [0, 0.1) is 0 Å². The summed E-state index contributed by atoms with van der Waals surface area (Å²) in [6.07, 6.45) is 3.75. The number of para-hydroxylation sites is 1. The van der Waals surface area contributed by atoms with Gasteiger partial charge in [0.15, 0.2) is 0 Å². The molecule has 21 heavy (non-hydrogen) atoms. The third-order valence-corrected chi connectivity index (χ3v) is 4.80. The standard InChI is InChI=1S/C17H21N3O/c1-19-15-5-3-2-4-12(15)10-16(19)17(21)18-13-8-9-20(11-13)14-6-7-14/h2-5,10,13-14H,6-9,11H2,1H3,(H,18,21). The highest BCUT2D eigenvalue weighted by atomic mass is 16.2. The summed E-state index contributed by atoms with van der Waals surface area (Å²) in [5.41, 5.74) is 1.86. The van der Waals surface area contributed by atoms with Crippen molar-refractivity contribution in [2.24, 2.45) is 7.05 Å². The molecule has 0 spiro atoms. The van der Waals surface area contributed by atoms with Crippen LogP contribution in [0.25, 0.3) is 10.9 Å². The Morgan fingerprint density at radius 2 is 2.05 bits per heavy atom. The van der Waals surface area contributed by atoms with Gasteiger partial charge in [0.05, 0.1) is 0 Å². The van der Waals surface area contributed by atoms with Crippen LogP contribution >= 0.6 is 0 Å². The molecule has 0 bridgehead atoms. The second-order valence-corrected chi connectivity index (χ2v) is 6.33. The SMILES string of the molecule is Cn1c(C(=O)NC2CCN(C3CC3)C2)cc2ccccc21. The lowest BCUT2D eigenvalue weighted by molar-refractivity contribution is 0.0929. The molecule has 1 aromatic heterocycles. The van der Waals surface area contributed by atoms with E-state index in [9.17, 15) is 4.79 Å². The van der Waals surface area contributed by atoms with Crippen LogP contribution in [0.3, 0.4) is 0 Å². The lowest BCUT2D eigenvalue weighted by Gasteiger charge is -2.16. The van der Waals surface area contributed by atoms with Crippen LogP contribution < -0.4 is 5.32 Å². The molecular weight excluding hydrogens is 262 g/mol. The van der Waals surface area contributed by atoms with E-state index in [0.717, 1.165) is 42.1 Å². The van der Waals surface area contributed by atoms with Crippen molar-refractivity contribution >= 4 is 16.8 Å². The van der Waals surface area contributed by atoms with Gasteiger partial charge in [-0.05, 0) is 31.4 Å². The van der Waals surface area contributed by atoms with Gasteiger partial charge in [-0.1, -0.05) is 18.2 Å². The monoisotopic (exact) mass is 283 g/mol. The maximum atomic E-state index is 12.5. The Morgan fingerprint density at radius 3 is 2.81 bits per heavy atom. The third kappa shape index (κ3) is 2.33. The lowest BCUT2D eigenvalue weighted by Crippen LogP contribution is -2.38. The number of hydrogen-bond acceptors (Lipinski definition) is 2. The number of rotatable bonds is 3. The van der Waals surface area contributed by atoms with Gasteiger partial charge < -0.3 is 9.88 Å². The second kappa shape index (κ2) is 4.88.